The van der Waals surface area contributed by atoms with Crippen molar-refractivity contribution in [3.63, 3.8) is 0 Å². The maximum Gasteiger partial charge on any atom is 0.229 e. The quantitative estimate of drug-likeness (QED) is 0.944. The number of halogens is 1. The summed E-state index contributed by atoms with van der Waals surface area (Å²) in [6.07, 6.45) is 1.98. The lowest BCUT2D eigenvalue weighted by Gasteiger charge is -2.05. The monoisotopic (exact) mass is 290 g/mol. The molecule has 1 aromatic carbocycles. The van der Waals surface area contributed by atoms with Gasteiger partial charge in [-0.1, -0.05) is 40.2 Å². The van der Waals surface area contributed by atoms with Gasteiger partial charge in [0.1, 0.15) is 5.82 Å². The molecule has 3 nitrogen and oxygen atoms in total. The number of benzene rings is 1. The maximum atomic E-state index is 11.8. The summed E-state index contributed by atoms with van der Waals surface area (Å²) in [5, 5.41) is 2.75. The molecule has 0 saturated heterocycles. The van der Waals surface area contributed by atoms with Crippen molar-refractivity contribution in [1.29, 1.82) is 0 Å². The van der Waals surface area contributed by atoms with Crippen LogP contribution in [0.2, 0.25) is 0 Å². The van der Waals surface area contributed by atoms with Gasteiger partial charge in [0.25, 0.3) is 0 Å². The summed E-state index contributed by atoms with van der Waals surface area (Å²) in [5.74, 6) is 0.500. The third-order valence-corrected chi connectivity index (χ3v) is 3.01. The fraction of sp³-hybridized carbons (Fsp3) is 0.0769. The highest BCUT2D eigenvalue weighted by Crippen LogP contribution is 2.16. The van der Waals surface area contributed by atoms with E-state index in [1.54, 1.807) is 12.3 Å². The molecule has 4 heteroatoms. The van der Waals surface area contributed by atoms with Crippen LogP contribution in [0, 0.1) is 0 Å². The van der Waals surface area contributed by atoms with Crippen LogP contribution < -0.4 is 5.32 Å². The van der Waals surface area contributed by atoms with Crippen molar-refractivity contribution in [3.05, 3.63) is 58.7 Å². The van der Waals surface area contributed by atoms with Gasteiger partial charge < -0.3 is 5.32 Å². The predicted octanol–water partition coefficient (Wildman–Crippen LogP) is 3.03. The number of hydrogen-bond donors (Lipinski definition) is 1. The third-order valence-electron chi connectivity index (χ3n) is 2.24. The van der Waals surface area contributed by atoms with Crippen LogP contribution in [0.4, 0.5) is 5.82 Å². The maximum absolute atomic E-state index is 11.8. The van der Waals surface area contributed by atoms with Crippen LogP contribution in [-0.2, 0) is 11.2 Å². The second-order valence-electron chi connectivity index (χ2n) is 3.53. The van der Waals surface area contributed by atoms with E-state index in [0.717, 1.165) is 10.0 Å². The zero-order valence-electron chi connectivity index (χ0n) is 9.06. The molecular weight excluding hydrogens is 280 g/mol. The van der Waals surface area contributed by atoms with Crippen molar-refractivity contribution in [2.45, 2.75) is 6.42 Å². The summed E-state index contributed by atoms with van der Waals surface area (Å²) in [6, 6.07) is 13.1. The fourth-order valence-corrected chi connectivity index (χ4v) is 1.86. The molecule has 1 N–H and O–H groups in total. The summed E-state index contributed by atoms with van der Waals surface area (Å²) in [7, 11) is 0. The molecule has 0 spiro atoms. The van der Waals surface area contributed by atoms with Gasteiger partial charge in [0, 0.05) is 10.7 Å². The Hall–Kier alpha value is -1.68. The Balaban J connectivity index is 2.01. The number of amides is 1. The van der Waals surface area contributed by atoms with Gasteiger partial charge in [-0.3, -0.25) is 4.79 Å². The molecule has 0 fully saturated rings. The van der Waals surface area contributed by atoms with Crippen LogP contribution in [0.1, 0.15) is 5.56 Å². The minimum Gasteiger partial charge on any atom is -0.310 e. The molecule has 0 bridgehead atoms. The van der Waals surface area contributed by atoms with Crippen LogP contribution in [-0.4, -0.2) is 10.9 Å². The first-order valence-electron chi connectivity index (χ1n) is 5.20. The zero-order valence-corrected chi connectivity index (χ0v) is 10.6. The summed E-state index contributed by atoms with van der Waals surface area (Å²) in [4.78, 5) is 15.8. The molecule has 0 aliphatic heterocycles. The van der Waals surface area contributed by atoms with Crippen molar-refractivity contribution >= 4 is 27.7 Å². The van der Waals surface area contributed by atoms with E-state index in [0.29, 0.717) is 12.2 Å². The normalized spacial score (nSPS) is 9.94. The molecule has 2 rings (SSSR count). The lowest BCUT2D eigenvalue weighted by molar-refractivity contribution is -0.115. The molecule has 1 amide bonds. The molecule has 0 radical (unpaired) electrons. The van der Waals surface area contributed by atoms with Crippen LogP contribution in [0.15, 0.2) is 53.1 Å². The van der Waals surface area contributed by atoms with E-state index in [-0.39, 0.29) is 5.91 Å². The van der Waals surface area contributed by atoms with Crippen LogP contribution in [0.3, 0.4) is 0 Å². The molecule has 0 aliphatic carbocycles. The molecule has 17 heavy (non-hydrogen) atoms. The average Bonchev–Trinajstić information content (AvgIpc) is 2.33. The zero-order chi connectivity index (χ0) is 12.1. The summed E-state index contributed by atoms with van der Waals surface area (Å²) in [6.45, 7) is 0. The number of pyridine rings is 1. The van der Waals surface area contributed by atoms with Crippen molar-refractivity contribution < 1.29 is 4.79 Å². The lowest BCUT2D eigenvalue weighted by Crippen LogP contribution is -2.15. The Morgan fingerprint density at radius 1 is 1.18 bits per heavy atom. The number of nitrogens with one attached hydrogen (secondary N) is 1. The van der Waals surface area contributed by atoms with Crippen LogP contribution >= 0.6 is 15.9 Å². The average molecular weight is 291 g/mol. The predicted molar refractivity (Wildman–Crippen MR) is 70.7 cm³/mol. The van der Waals surface area contributed by atoms with E-state index in [4.69, 9.17) is 0 Å². The lowest BCUT2D eigenvalue weighted by atomic mass is 10.1. The largest absolute Gasteiger partial charge is 0.310 e. The first-order chi connectivity index (χ1) is 8.25. The van der Waals surface area contributed by atoms with E-state index in [2.05, 4.69) is 26.2 Å². The molecular formula is C13H11BrN2O. The van der Waals surface area contributed by atoms with Gasteiger partial charge in [-0.15, -0.1) is 0 Å². The first-order valence-corrected chi connectivity index (χ1v) is 5.99. The number of anilines is 1. The van der Waals surface area contributed by atoms with Gasteiger partial charge in [0.15, 0.2) is 0 Å². The topological polar surface area (TPSA) is 42.0 Å². The fourth-order valence-electron chi connectivity index (χ4n) is 1.44. The second kappa shape index (κ2) is 5.59. The Kier molecular flexibility index (Phi) is 3.88. The van der Waals surface area contributed by atoms with Gasteiger partial charge in [0.2, 0.25) is 5.91 Å². The molecule has 0 atom stereocenters. The summed E-state index contributed by atoms with van der Waals surface area (Å²) < 4.78 is 0.941. The SMILES string of the molecule is O=C(Cc1ccccc1Br)Nc1ccccn1. The first kappa shape index (κ1) is 11.8. The van der Waals surface area contributed by atoms with Gasteiger partial charge >= 0.3 is 0 Å². The summed E-state index contributed by atoms with van der Waals surface area (Å²) >= 11 is 3.41. The van der Waals surface area contributed by atoms with Crippen molar-refractivity contribution in [3.8, 4) is 0 Å². The highest BCUT2D eigenvalue weighted by atomic mass is 79.9. The second-order valence-corrected chi connectivity index (χ2v) is 4.39. The van der Waals surface area contributed by atoms with Crippen molar-refractivity contribution in [2.24, 2.45) is 0 Å². The van der Waals surface area contributed by atoms with Crippen LogP contribution in [0.5, 0.6) is 0 Å². The molecule has 1 aromatic heterocycles. The van der Waals surface area contributed by atoms with Crippen LogP contribution in [0.25, 0.3) is 0 Å². The van der Waals surface area contributed by atoms with Gasteiger partial charge in [-0.25, -0.2) is 4.98 Å². The molecule has 86 valence electrons. The number of aromatic nitrogens is 1. The van der Waals surface area contributed by atoms with E-state index >= 15 is 0 Å². The highest BCUT2D eigenvalue weighted by molar-refractivity contribution is 9.10. The van der Waals surface area contributed by atoms with Gasteiger partial charge in [0.05, 0.1) is 6.42 Å². The Bertz CT molecular complexity index is 514. The minimum atomic E-state index is -0.0735. The third kappa shape index (κ3) is 3.39. The smallest absolute Gasteiger partial charge is 0.229 e. The molecule has 1 heterocycles. The molecule has 0 aliphatic rings. The summed E-state index contributed by atoms with van der Waals surface area (Å²) in [5.41, 5.74) is 0.959. The highest BCUT2D eigenvalue weighted by Gasteiger charge is 2.06. The Labute approximate surface area is 108 Å². The molecule has 2 aromatic rings. The van der Waals surface area contributed by atoms with E-state index in [1.165, 1.54) is 0 Å². The van der Waals surface area contributed by atoms with E-state index in [1.807, 2.05) is 36.4 Å². The van der Waals surface area contributed by atoms with Gasteiger partial charge in [-0.05, 0) is 23.8 Å². The van der Waals surface area contributed by atoms with Gasteiger partial charge in [-0.2, -0.15) is 0 Å². The number of carbonyl (C=O) groups is 1. The minimum absolute atomic E-state index is 0.0735. The Morgan fingerprint density at radius 3 is 2.65 bits per heavy atom. The standard InChI is InChI=1S/C13H11BrN2O/c14-11-6-2-1-5-10(11)9-13(17)16-12-7-3-4-8-15-12/h1-8H,9H2,(H,15,16,17). The number of hydrogen-bond acceptors (Lipinski definition) is 2. The number of nitrogens with zero attached hydrogens (tertiary/aromatic N) is 1. The Morgan fingerprint density at radius 2 is 1.94 bits per heavy atom. The molecule has 0 unspecified atom stereocenters. The number of carbonyl (C=O) groups excluding carboxylic acids is 1. The van der Waals surface area contributed by atoms with E-state index in [9.17, 15) is 4.79 Å². The van der Waals surface area contributed by atoms with Crippen molar-refractivity contribution in [1.82, 2.24) is 4.98 Å². The van der Waals surface area contributed by atoms with Crippen molar-refractivity contribution in [2.75, 3.05) is 5.32 Å². The number of rotatable bonds is 3. The molecule has 0 saturated carbocycles. The van der Waals surface area contributed by atoms with E-state index < -0.39 is 0 Å².